The van der Waals surface area contributed by atoms with Crippen molar-refractivity contribution < 1.29 is 0 Å². The molecule has 3 nitrogen and oxygen atoms in total. The lowest BCUT2D eigenvalue weighted by Crippen LogP contribution is -2.22. The number of hydrogen-bond acceptors (Lipinski definition) is 2. The third-order valence-corrected chi connectivity index (χ3v) is 5.04. The molecule has 0 amide bonds. The summed E-state index contributed by atoms with van der Waals surface area (Å²) in [7, 11) is 1.95. The van der Waals surface area contributed by atoms with Crippen molar-refractivity contribution in [2.24, 2.45) is 7.05 Å². The second-order valence-electron chi connectivity index (χ2n) is 5.24. The van der Waals surface area contributed by atoms with Gasteiger partial charge >= 0.3 is 0 Å². The molecule has 1 aromatic heterocycles. The molecule has 0 radical (unpaired) electrons. The van der Waals surface area contributed by atoms with Crippen molar-refractivity contribution in [3.8, 4) is 0 Å². The monoisotopic (exact) mass is 417 g/mol. The first-order chi connectivity index (χ1) is 10.1. The Kier molecular flexibility index (Phi) is 6.51. The third kappa shape index (κ3) is 4.97. The van der Waals surface area contributed by atoms with E-state index in [2.05, 4.69) is 64.3 Å². The van der Waals surface area contributed by atoms with Gasteiger partial charge in [0, 0.05) is 22.9 Å². The molecule has 0 fully saturated rings. The van der Waals surface area contributed by atoms with Crippen LogP contribution in [0.3, 0.4) is 0 Å². The summed E-state index contributed by atoms with van der Waals surface area (Å²) in [4.78, 5) is 0. The lowest BCUT2D eigenvalue weighted by atomic mass is 10.00. The van der Waals surface area contributed by atoms with E-state index in [1.54, 1.807) is 0 Å². The van der Waals surface area contributed by atoms with Gasteiger partial charge in [-0.1, -0.05) is 24.6 Å². The Morgan fingerprint density at radius 2 is 2.24 bits per heavy atom. The van der Waals surface area contributed by atoms with Crippen LogP contribution in [0.25, 0.3) is 0 Å². The average molecular weight is 418 g/mol. The van der Waals surface area contributed by atoms with Gasteiger partial charge in [0.2, 0.25) is 0 Å². The maximum atomic E-state index is 6.26. The Balaban J connectivity index is 2.07. The Morgan fingerprint density at radius 3 is 2.86 bits per heavy atom. The van der Waals surface area contributed by atoms with Crippen LogP contribution >= 0.6 is 34.2 Å². The fourth-order valence-electron chi connectivity index (χ4n) is 2.35. The molecule has 114 valence electrons. The van der Waals surface area contributed by atoms with E-state index < -0.39 is 0 Å². The van der Waals surface area contributed by atoms with Crippen molar-refractivity contribution in [1.82, 2.24) is 15.1 Å². The molecular weight excluding hydrogens is 397 g/mol. The molecule has 2 aromatic rings. The summed E-state index contributed by atoms with van der Waals surface area (Å²) in [6, 6.07) is 6.67. The molecule has 0 saturated carbocycles. The zero-order valence-electron chi connectivity index (χ0n) is 12.4. The predicted molar refractivity (Wildman–Crippen MR) is 96.7 cm³/mol. The normalized spacial score (nSPS) is 12.6. The third-order valence-electron chi connectivity index (χ3n) is 3.47. The summed E-state index contributed by atoms with van der Waals surface area (Å²) in [5.74, 6) is 0. The second-order valence-corrected chi connectivity index (χ2v) is 6.81. The summed E-state index contributed by atoms with van der Waals surface area (Å²) in [5.41, 5.74) is 2.54. The molecule has 2 rings (SSSR count). The number of halogens is 2. The Morgan fingerprint density at radius 1 is 1.43 bits per heavy atom. The number of nitrogens with zero attached hydrogens (tertiary/aromatic N) is 2. The highest BCUT2D eigenvalue weighted by Gasteiger charge is 2.12. The van der Waals surface area contributed by atoms with Crippen LogP contribution in [-0.4, -0.2) is 16.3 Å². The van der Waals surface area contributed by atoms with E-state index in [0.29, 0.717) is 6.04 Å². The lowest BCUT2D eigenvalue weighted by molar-refractivity contribution is 0.499. The lowest BCUT2D eigenvalue weighted by Gasteiger charge is -2.19. The molecule has 0 saturated heterocycles. The predicted octanol–water partition coefficient (Wildman–Crippen LogP) is 4.35. The first kappa shape index (κ1) is 16.8. The van der Waals surface area contributed by atoms with Crippen LogP contribution in [0.4, 0.5) is 0 Å². The SMILES string of the molecule is CCCNC(CCc1cnn(C)c1)c1ccc(I)c(Cl)c1. The number of nitrogens with one attached hydrogen (secondary N) is 1. The van der Waals surface area contributed by atoms with Gasteiger partial charge in [-0.15, -0.1) is 0 Å². The molecule has 1 atom stereocenters. The van der Waals surface area contributed by atoms with Gasteiger partial charge in [-0.3, -0.25) is 4.68 Å². The molecule has 1 unspecified atom stereocenters. The topological polar surface area (TPSA) is 29.9 Å². The highest BCUT2D eigenvalue weighted by Crippen LogP contribution is 2.26. The smallest absolute Gasteiger partial charge is 0.0542 e. The Hall–Kier alpha value is -0.590. The van der Waals surface area contributed by atoms with Crippen LogP contribution in [0, 0.1) is 3.57 Å². The standard InChI is InChI=1S/C16H21ClIN3/c1-3-8-19-16(7-4-12-10-20-21(2)11-12)13-5-6-15(18)14(17)9-13/h5-6,9-11,16,19H,3-4,7-8H2,1-2H3. The molecule has 0 aliphatic rings. The van der Waals surface area contributed by atoms with Gasteiger partial charge in [0.05, 0.1) is 11.2 Å². The highest BCUT2D eigenvalue weighted by atomic mass is 127. The number of aryl methyl sites for hydroxylation is 2. The quantitative estimate of drug-likeness (QED) is 0.679. The molecule has 5 heteroatoms. The summed E-state index contributed by atoms with van der Waals surface area (Å²) >= 11 is 8.53. The van der Waals surface area contributed by atoms with Crippen molar-refractivity contribution in [3.05, 3.63) is 50.3 Å². The first-order valence-corrected chi connectivity index (χ1v) is 8.71. The van der Waals surface area contributed by atoms with Crippen molar-refractivity contribution in [3.63, 3.8) is 0 Å². The van der Waals surface area contributed by atoms with E-state index in [9.17, 15) is 0 Å². The molecule has 21 heavy (non-hydrogen) atoms. The fraction of sp³-hybridized carbons (Fsp3) is 0.438. The van der Waals surface area contributed by atoms with E-state index in [1.165, 1.54) is 11.1 Å². The number of rotatable bonds is 7. The summed E-state index contributed by atoms with van der Waals surface area (Å²) < 4.78 is 2.95. The van der Waals surface area contributed by atoms with Crippen LogP contribution < -0.4 is 5.32 Å². The van der Waals surface area contributed by atoms with Crippen LogP contribution in [0.2, 0.25) is 5.02 Å². The molecule has 0 bridgehead atoms. The maximum absolute atomic E-state index is 6.26. The maximum Gasteiger partial charge on any atom is 0.0542 e. The zero-order chi connectivity index (χ0) is 15.2. The molecular formula is C16H21ClIN3. The summed E-state index contributed by atoms with van der Waals surface area (Å²) in [6.07, 6.45) is 7.21. The minimum atomic E-state index is 0.333. The van der Waals surface area contributed by atoms with Crippen molar-refractivity contribution in [2.75, 3.05) is 6.54 Å². The number of aromatic nitrogens is 2. The van der Waals surface area contributed by atoms with Gasteiger partial charge in [0.1, 0.15) is 0 Å². The van der Waals surface area contributed by atoms with Gasteiger partial charge < -0.3 is 5.32 Å². The van der Waals surface area contributed by atoms with Gasteiger partial charge in [0.15, 0.2) is 0 Å². The molecule has 1 aromatic carbocycles. The highest BCUT2D eigenvalue weighted by molar-refractivity contribution is 14.1. The van der Waals surface area contributed by atoms with E-state index in [4.69, 9.17) is 11.6 Å². The van der Waals surface area contributed by atoms with Crippen LogP contribution in [0.15, 0.2) is 30.6 Å². The van der Waals surface area contributed by atoms with Gasteiger partial charge in [-0.2, -0.15) is 5.10 Å². The van der Waals surface area contributed by atoms with Crippen LogP contribution in [-0.2, 0) is 13.5 Å². The van der Waals surface area contributed by atoms with E-state index in [1.807, 2.05) is 17.9 Å². The van der Waals surface area contributed by atoms with Gasteiger partial charge in [0.25, 0.3) is 0 Å². The van der Waals surface area contributed by atoms with E-state index >= 15 is 0 Å². The zero-order valence-corrected chi connectivity index (χ0v) is 15.4. The average Bonchev–Trinajstić information content (AvgIpc) is 2.88. The van der Waals surface area contributed by atoms with Gasteiger partial charge in [-0.05, 0) is 71.7 Å². The molecule has 0 spiro atoms. The fourth-order valence-corrected chi connectivity index (χ4v) is 2.87. The Labute approximate surface area is 145 Å². The minimum absolute atomic E-state index is 0.333. The van der Waals surface area contributed by atoms with E-state index in [0.717, 1.165) is 34.4 Å². The molecule has 1 N–H and O–H groups in total. The Bertz CT molecular complexity index is 583. The van der Waals surface area contributed by atoms with Crippen molar-refractivity contribution >= 4 is 34.2 Å². The molecule has 0 aliphatic carbocycles. The van der Waals surface area contributed by atoms with E-state index in [-0.39, 0.29) is 0 Å². The largest absolute Gasteiger partial charge is 0.310 e. The summed E-state index contributed by atoms with van der Waals surface area (Å²) in [5, 5.41) is 8.68. The molecule has 1 heterocycles. The minimum Gasteiger partial charge on any atom is -0.310 e. The van der Waals surface area contributed by atoms with Crippen molar-refractivity contribution in [2.45, 2.75) is 32.2 Å². The second kappa shape index (κ2) is 8.15. The van der Waals surface area contributed by atoms with Gasteiger partial charge in [-0.25, -0.2) is 0 Å². The number of benzene rings is 1. The van der Waals surface area contributed by atoms with Crippen LogP contribution in [0.5, 0.6) is 0 Å². The van der Waals surface area contributed by atoms with Crippen molar-refractivity contribution in [1.29, 1.82) is 0 Å². The van der Waals surface area contributed by atoms with Crippen LogP contribution in [0.1, 0.15) is 36.9 Å². The number of hydrogen-bond donors (Lipinski definition) is 1. The first-order valence-electron chi connectivity index (χ1n) is 7.26. The summed E-state index contributed by atoms with van der Waals surface area (Å²) in [6.45, 7) is 3.20. The molecule has 0 aliphatic heterocycles.